The van der Waals surface area contributed by atoms with E-state index in [0.29, 0.717) is 0 Å². The summed E-state index contributed by atoms with van der Waals surface area (Å²) in [6.07, 6.45) is 3.28. The topological polar surface area (TPSA) is 46.3 Å². The minimum atomic E-state index is 0. The lowest BCUT2D eigenvalue weighted by molar-refractivity contribution is 0.0589. The smallest absolute Gasteiger partial charge is 0.264 e. The zero-order chi connectivity index (χ0) is 12.4. The highest BCUT2D eigenvalue weighted by atomic mass is 79.9. The van der Waals surface area contributed by atoms with Crippen molar-refractivity contribution >= 4 is 45.6 Å². The van der Waals surface area contributed by atoms with E-state index in [4.69, 9.17) is 5.73 Å². The number of hydrogen-bond acceptors (Lipinski definition) is 3. The van der Waals surface area contributed by atoms with Crippen molar-refractivity contribution in [2.45, 2.75) is 38.3 Å². The molecule has 1 aromatic heterocycles. The Morgan fingerprint density at radius 3 is 2.83 bits per heavy atom. The van der Waals surface area contributed by atoms with Crippen molar-refractivity contribution < 1.29 is 4.79 Å². The molecule has 6 heteroatoms. The molecule has 1 aromatic rings. The van der Waals surface area contributed by atoms with Crippen LogP contribution in [0, 0.1) is 0 Å². The summed E-state index contributed by atoms with van der Waals surface area (Å²) in [4.78, 5) is 15.1. The molecule has 2 heterocycles. The first kappa shape index (κ1) is 16.0. The molecule has 2 rings (SSSR count). The van der Waals surface area contributed by atoms with Gasteiger partial charge in [-0.2, -0.15) is 0 Å². The average molecular weight is 354 g/mol. The van der Waals surface area contributed by atoms with Gasteiger partial charge in [0.1, 0.15) is 0 Å². The number of carbonyl (C=O) groups is 1. The van der Waals surface area contributed by atoms with Crippen LogP contribution in [0.5, 0.6) is 0 Å². The first-order chi connectivity index (χ1) is 8.09. The molecule has 1 aliphatic rings. The standard InChI is InChI=1S/C12H17BrN2OS.ClH/c1-8(14)9-4-2-3-7-15(9)12(16)10-5-6-11(13)17-10;/h5-6,8-9H,2-4,7,14H2,1H3;1H. The monoisotopic (exact) mass is 352 g/mol. The molecule has 1 fully saturated rings. The first-order valence-electron chi connectivity index (χ1n) is 5.91. The Hall–Kier alpha value is -0.100. The molecule has 3 nitrogen and oxygen atoms in total. The molecule has 2 unspecified atom stereocenters. The maximum absolute atomic E-state index is 12.4. The van der Waals surface area contributed by atoms with Gasteiger partial charge in [-0.25, -0.2) is 0 Å². The molecule has 0 aromatic carbocycles. The summed E-state index contributed by atoms with van der Waals surface area (Å²) in [6, 6.07) is 4.03. The van der Waals surface area contributed by atoms with Crippen LogP contribution in [0.1, 0.15) is 35.9 Å². The van der Waals surface area contributed by atoms with Gasteiger partial charge in [-0.05, 0) is 54.2 Å². The summed E-state index contributed by atoms with van der Waals surface area (Å²) in [6.45, 7) is 2.82. The van der Waals surface area contributed by atoms with Crippen molar-refractivity contribution in [1.82, 2.24) is 4.90 Å². The number of hydrogen-bond donors (Lipinski definition) is 1. The molecule has 1 aliphatic heterocycles. The maximum atomic E-state index is 12.4. The Labute approximate surface area is 126 Å². The van der Waals surface area contributed by atoms with Gasteiger partial charge in [0.25, 0.3) is 5.91 Å². The second-order valence-corrected chi connectivity index (χ2v) is 6.99. The minimum absolute atomic E-state index is 0. The van der Waals surface area contributed by atoms with Gasteiger partial charge in [-0.3, -0.25) is 4.79 Å². The van der Waals surface area contributed by atoms with E-state index in [9.17, 15) is 4.79 Å². The highest BCUT2D eigenvalue weighted by molar-refractivity contribution is 9.11. The second-order valence-electron chi connectivity index (χ2n) is 4.52. The van der Waals surface area contributed by atoms with E-state index in [2.05, 4.69) is 15.9 Å². The van der Waals surface area contributed by atoms with E-state index in [1.165, 1.54) is 17.8 Å². The lowest BCUT2D eigenvalue weighted by Gasteiger charge is -2.37. The molecule has 0 bridgehead atoms. The zero-order valence-electron chi connectivity index (χ0n) is 10.3. The van der Waals surface area contributed by atoms with Crippen molar-refractivity contribution in [1.29, 1.82) is 0 Å². The molecule has 1 amide bonds. The van der Waals surface area contributed by atoms with Crippen LogP contribution in [-0.4, -0.2) is 29.4 Å². The van der Waals surface area contributed by atoms with E-state index >= 15 is 0 Å². The van der Waals surface area contributed by atoms with Crippen LogP contribution < -0.4 is 5.73 Å². The van der Waals surface area contributed by atoms with Crippen LogP contribution >= 0.6 is 39.7 Å². The summed E-state index contributed by atoms with van der Waals surface area (Å²) >= 11 is 4.88. The van der Waals surface area contributed by atoms with Crippen LogP contribution in [-0.2, 0) is 0 Å². The highest BCUT2D eigenvalue weighted by Gasteiger charge is 2.30. The molecular formula is C12H18BrClN2OS. The summed E-state index contributed by atoms with van der Waals surface area (Å²) in [5.74, 6) is 0.128. The molecule has 2 N–H and O–H groups in total. The molecule has 0 aliphatic carbocycles. The Kier molecular flexibility index (Phi) is 6.11. The van der Waals surface area contributed by atoms with Gasteiger partial charge in [0.15, 0.2) is 0 Å². The second kappa shape index (κ2) is 6.89. The number of thiophene rings is 1. The zero-order valence-corrected chi connectivity index (χ0v) is 13.5. The Bertz CT molecular complexity index is 411. The Balaban J connectivity index is 0.00000162. The molecule has 1 saturated heterocycles. The Morgan fingerprint density at radius 2 is 2.28 bits per heavy atom. The fourth-order valence-corrected chi connectivity index (χ4v) is 3.67. The SMILES string of the molecule is CC(N)C1CCCCN1C(=O)c1ccc(Br)s1.Cl. The van der Waals surface area contributed by atoms with E-state index in [1.807, 2.05) is 24.0 Å². The summed E-state index contributed by atoms with van der Waals surface area (Å²) in [7, 11) is 0. The number of likely N-dealkylation sites (tertiary alicyclic amines) is 1. The number of nitrogens with two attached hydrogens (primary N) is 1. The number of amides is 1. The Morgan fingerprint density at radius 1 is 1.56 bits per heavy atom. The minimum Gasteiger partial charge on any atom is -0.333 e. The molecular weight excluding hydrogens is 336 g/mol. The average Bonchev–Trinajstić information content (AvgIpc) is 2.75. The van der Waals surface area contributed by atoms with Crippen LogP contribution in [0.25, 0.3) is 0 Å². The third kappa shape index (κ3) is 3.47. The molecule has 0 radical (unpaired) electrons. The predicted octanol–water partition coefficient (Wildman–Crippen LogP) is 3.27. The predicted molar refractivity (Wildman–Crippen MR) is 81.6 cm³/mol. The number of piperidine rings is 1. The van der Waals surface area contributed by atoms with Gasteiger partial charge in [0.05, 0.1) is 8.66 Å². The van der Waals surface area contributed by atoms with Crippen molar-refractivity contribution in [3.8, 4) is 0 Å². The van der Waals surface area contributed by atoms with E-state index in [1.54, 1.807) is 0 Å². The van der Waals surface area contributed by atoms with Crippen molar-refractivity contribution in [3.63, 3.8) is 0 Å². The quantitative estimate of drug-likeness (QED) is 0.887. The number of carbonyl (C=O) groups excluding carboxylic acids is 1. The lowest BCUT2D eigenvalue weighted by Crippen LogP contribution is -2.51. The van der Waals surface area contributed by atoms with E-state index in [0.717, 1.165) is 28.0 Å². The number of halogens is 2. The highest BCUT2D eigenvalue weighted by Crippen LogP contribution is 2.27. The number of nitrogens with zero attached hydrogens (tertiary/aromatic N) is 1. The van der Waals surface area contributed by atoms with Gasteiger partial charge >= 0.3 is 0 Å². The molecule has 2 atom stereocenters. The van der Waals surface area contributed by atoms with Gasteiger partial charge in [0.2, 0.25) is 0 Å². The van der Waals surface area contributed by atoms with Crippen LogP contribution in [0.4, 0.5) is 0 Å². The summed E-state index contributed by atoms with van der Waals surface area (Å²) in [5, 5.41) is 0. The fraction of sp³-hybridized carbons (Fsp3) is 0.583. The lowest BCUT2D eigenvalue weighted by atomic mass is 9.97. The normalized spacial score (nSPS) is 21.3. The first-order valence-corrected chi connectivity index (χ1v) is 7.52. The summed E-state index contributed by atoms with van der Waals surface area (Å²) in [5.41, 5.74) is 5.98. The third-order valence-electron chi connectivity index (χ3n) is 3.20. The van der Waals surface area contributed by atoms with Gasteiger partial charge in [0, 0.05) is 18.6 Å². The van der Waals surface area contributed by atoms with E-state index < -0.39 is 0 Å². The largest absolute Gasteiger partial charge is 0.333 e. The van der Waals surface area contributed by atoms with Crippen LogP contribution in [0.15, 0.2) is 15.9 Å². The molecule has 102 valence electrons. The van der Waals surface area contributed by atoms with E-state index in [-0.39, 0.29) is 30.4 Å². The fourth-order valence-electron chi connectivity index (χ4n) is 2.33. The van der Waals surface area contributed by atoms with Crippen molar-refractivity contribution in [2.24, 2.45) is 5.73 Å². The molecule has 0 spiro atoms. The maximum Gasteiger partial charge on any atom is 0.264 e. The van der Waals surface area contributed by atoms with Crippen LogP contribution in [0.2, 0.25) is 0 Å². The van der Waals surface area contributed by atoms with Crippen molar-refractivity contribution in [2.75, 3.05) is 6.54 Å². The van der Waals surface area contributed by atoms with Crippen LogP contribution in [0.3, 0.4) is 0 Å². The number of rotatable bonds is 2. The third-order valence-corrected chi connectivity index (χ3v) is 4.81. The van der Waals surface area contributed by atoms with Crippen molar-refractivity contribution in [3.05, 3.63) is 20.8 Å². The van der Waals surface area contributed by atoms with Gasteiger partial charge in [-0.15, -0.1) is 23.7 Å². The molecule has 0 saturated carbocycles. The van der Waals surface area contributed by atoms with Gasteiger partial charge in [-0.1, -0.05) is 0 Å². The van der Waals surface area contributed by atoms with Gasteiger partial charge < -0.3 is 10.6 Å². The molecule has 18 heavy (non-hydrogen) atoms. The summed E-state index contributed by atoms with van der Waals surface area (Å²) < 4.78 is 0.996.